The maximum Gasteiger partial charge on any atom is 0.573 e. The first-order chi connectivity index (χ1) is 17.7. The summed E-state index contributed by atoms with van der Waals surface area (Å²) in [4.78, 5) is 15.3. The van der Waals surface area contributed by atoms with Gasteiger partial charge in [0.25, 0.3) is 0 Å². The summed E-state index contributed by atoms with van der Waals surface area (Å²) in [5.74, 6) is -1.45. The van der Waals surface area contributed by atoms with Crippen molar-refractivity contribution in [3.8, 4) is 11.5 Å². The Bertz CT molecular complexity index is 1490. The van der Waals surface area contributed by atoms with Gasteiger partial charge in [-0.15, -0.1) is 13.2 Å². The minimum absolute atomic E-state index is 0.147. The number of rotatable bonds is 6. The van der Waals surface area contributed by atoms with Gasteiger partial charge in [0.05, 0.1) is 25.2 Å². The molecule has 0 amide bonds. The first kappa shape index (κ1) is 24.7. The van der Waals surface area contributed by atoms with Gasteiger partial charge in [-0.2, -0.15) is 0 Å². The lowest BCUT2D eigenvalue weighted by Gasteiger charge is -2.20. The van der Waals surface area contributed by atoms with Crippen LogP contribution in [0.1, 0.15) is 18.0 Å². The fraction of sp³-hybridized carbons (Fsp3) is 0.269. The van der Waals surface area contributed by atoms with Crippen LogP contribution in [0.2, 0.25) is 0 Å². The molecule has 1 aliphatic rings. The molecule has 11 heteroatoms. The highest BCUT2D eigenvalue weighted by Crippen LogP contribution is 2.35. The Morgan fingerprint density at radius 2 is 1.62 bits per heavy atom. The first-order valence-electron chi connectivity index (χ1n) is 11.5. The number of ether oxygens (including phenoxy) is 2. The van der Waals surface area contributed by atoms with Crippen LogP contribution in [-0.4, -0.2) is 35.7 Å². The molecule has 1 saturated heterocycles. The van der Waals surface area contributed by atoms with Gasteiger partial charge in [-0.25, -0.2) is 13.6 Å². The number of anilines is 1. The van der Waals surface area contributed by atoms with Crippen molar-refractivity contribution in [2.45, 2.75) is 25.4 Å². The molecule has 0 radical (unpaired) electrons. The molecule has 2 heterocycles. The average molecular weight is 519 g/mol. The molecule has 0 N–H and O–H groups in total. The predicted octanol–water partition coefficient (Wildman–Crippen LogP) is 5.49. The number of alkyl halides is 3. The van der Waals surface area contributed by atoms with E-state index in [1.54, 1.807) is 29.2 Å². The molecule has 6 nitrogen and oxygen atoms in total. The van der Waals surface area contributed by atoms with Crippen molar-refractivity contribution < 1.29 is 31.4 Å². The van der Waals surface area contributed by atoms with E-state index in [9.17, 15) is 26.7 Å². The largest absolute Gasteiger partial charge is 0.573 e. The average Bonchev–Trinajstić information content (AvgIpc) is 3.42. The minimum atomic E-state index is -4.90. The lowest BCUT2D eigenvalue weighted by Crippen LogP contribution is -2.30. The van der Waals surface area contributed by atoms with Gasteiger partial charge in [-0.1, -0.05) is 30.3 Å². The van der Waals surface area contributed by atoms with Crippen LogP contribution in [-0.2, 0) is 6.54 Å². The normalized spacial score (nSPS) is 15.9. The van der Waals surface area contributed by atoms with Crippen molar-refractivity contribution in [1.29, 1.82) is 0 Å². The maximum atomic E-state index is 14.4. The topological polar surface area (TPSA) is 48.6 Å². The Morgan fingerprint density at radius 1 is 0.946 bits per heavy atom. The van der Waals surface area contributed by atoms with Crippen LogP contribution in [0.25, 0.3) is 11.0 Å². The Morgan fingerprint density at radius 3 is 2.32 bits per heavy atom. The van der Waals surface area contributed by atoms with E-state index in [0.29, 0.717) is 29.7 Å². The summed E-state index contributed by atoms with van der Waals surface area (Å²) >= 11 is 0. The standard InChI is InChI=1S/C26H22F5N3O3/c1-36-22-11-5-9-20-24(22)33(14-16-6-2-3-10-21(16)37-26(29,30)31)25(35)34(20)17-12-13-32(15-17)23-18(27)7-4-8-19(23)28/h2-11,17H,12-15H2,1H3/t17-/m1/s1. The second-order valence-corrected chi connectivity index (χ2v) is 8.68. The summed E-state index contributed by atoms with van der Waals surface area (Å²) in [6.45, 7) is 0.267. The fourth-order valence-corrected chi connectivity index (χ4v) is 4.95. The van der Waals surface area contributed by atoms with Gasteiger partial charge in [0, 0.05) is 18.7 Å². The summed E-state index contributed by atoms with van der Waals surface area (Å²) in [5, 5.41) is 0. The second-order valence-electron chi connectivity index (χ2n) is 8.68. The zero-order valence-corrected chi connectivity index (χ0v) is 19.6. The Labute approximate surface area is 208 Å². The SMILES string of the molecule is COc1cccc2c1n(Cc1ccccc1OC(F)(F)F)c(=O)n2[C@@H]1CCN(c2c(F)cccc2F)C1. The third-order valence-corrected chi connectivity index (χ3v) is 6.47. The highest BCUT2D eigenvalue weighted by atomic mass is 19.4. The Kier molecular flexibility index (Phi) is 6.30. The van der Waals surface area contributed by atoms with Gasteiger partial charge in [0.2, 0.25) is 0 Å². The summed E-state index contributed by atoms with van der Waals surface area (Å²) in [7, 11) is 1.43. The minimum Gasteiger partial charge on any atom is -0.494 e. The van der Waals surface area contributed by atoms with Gasteiger partial charge >= 0.3 is 12.1 Å². The summed E-state index contributed by atoms with van der Waals surface area (Å²) in [5.41, 5.74) is 0.403. The van der Waals surface area contributed by atoms with Gasteiger partial charge in [-0.3, -0.25) is 9.13 Å². The van der Waals surface area contributed by atoms with E-state index in [1.807, 2.05) is 0 Å². The molecular formula is C26H22F5N3O3. The number of halogens is 5. The van der Waals surface area contributed by atoms with Crippen LogP contribution in [0.15, 0.2) is 65.5 Å². The zero-order valence-electron chi connectivity index (χ0n) is 19.6. The molecule has 1 atom stereocenters. The van der Waals surface area contributed by atoms with Crippen LogP contribution in [0, 0.1) is 11.6 Å². The van der Waals surface area contributed by atoms with Gasteiger partial charge in [0.1, 0.15) is 34.3 Å². The Hall–Kier alpha value is -4.02. The summed E-state index contributed by atoms with van der Waals surface area (Å²) in [6.07, 6.45) is -4.47. The fourth-order valence-electron chi connectivity index (χ4n) is 4.95. The molecule has 1 fully saturated rings. The summed E-state index contributed by atoms with van der Waals surface area (Å²) < 4.78 is 80.2. The van der Waals surface area contributed by atoms with Gasteiger partial charge in [-0.05, 0) is 36.8 Å². The molecule has 1 aromatic heterocycles. The van der Waals surface area contributed by atoms with E-state index < -0.39 is 35.5 Å². The zero-order chi connectivity index (χ0) is 26.3. The van der Waals surface area contributed by atoms with E-state index in [1.165, 1.54) is 52.6 Å². The van der Waals surface area contributed by atoms with E-state index in [4.69, 9.17) is 4.74 Å². The molecule has 0 aliphatic carbocycles. The number of aromatic nitrogens is 2. The van der Waals surface area contributed by atoms with Crippen LogP contribution in [0.3, 0.4) is 0 Å². The molecule has 1 aliphatic heterocycles. The number of hydrogen-bond donors (Lipinski definition) is 0. The molecule has 0 unspecified atom stereocenters. The van der Waals surface area contributed by atoms with Crippen LogP contribution in [0.4, 0.5) is 27.6 Å². The molecule has 37 heavy (non-hydrogen) atoms. The predicted molar refractivity (Wildman–Crippen MR) is 127 cm³/mol. The van der Waals surface area contributed by atoms with Crippen LogP contribution < -0.4 is 20.1 Å². The highest BCUT2D eigenvalue weighted by molar-refractivity contribution is 5.83. The first-order valence-corrected chi connectivity index (χ1v) is 11.5. The van der Waals surface area contributed by atoms with E-state index >= 15 is 0 Å². The van der Waals surface area contributed by atoms with Gasteiger partial charge in [0.15, 0.2) is 0 Å². The molecule has 3 aromatic carbocycles. The molecule has 4 aromatic rings. The Balaban J connectivity index is 1.59. The van der Waals surface area contributed by atoms with Crippen molar-refractivity contribution in [2.75, 3.05) is 25.1 Å². The van der Waals surface area contributed by atoms with Crippen molar-refractivity contribution in [1.82, 2.24) is 9.13 Å². The number of nitrogens with zero attached hydrogens (tertiary/aromatic N) is 3. The molecule has 0 spiro atoms. The van der Waals surface area contributed by atoms with E-state index in [-0.39, 0.29) is 24.3 Å². The third-order valence-electron chi connectivity index (χ3n) is 6.47. The highest BCUT2D eigenvalue weighted by Gasteiger charge is 2.33. The molecule has 194 valence electrons. The smallest absolute Gasteiger partial charge is 0.494 e. The van der Waals surface area contributed by atoms with Crippen LogP contribution >= 0.6 is 0 Å². The van der Waals surface area contributed by atoms with E-state index in [2.05, 4.69) is 4.74 Å². The van der Waals surface area contributed by atoms with Crippen LogP contribution in [0.5, 0.6) is 11.5 Å². The van der Waals surface area contributed by atoms with Crippen molar-refractivity contribution >= 4 is 16.7 Å². The monoisotopic (exact) mass is 519 g/mol. The summed E-state index contributed by atoms with van der Waals surface area (Å²) in [6, 6.07) is 13.8. The van der Waals surface area contributed by atoms with E-state index in [0.717, 1.165) is 0 Å². The number of hydrogen-bond acceptors (Lipinski definition) is 4. The number of benzene rings is 3. The number of imidazole rings is 1. The lowest BCUT2D eigenvalue weighted by atomic mass is 10.2. The number of methoxy groups -OCH3 is 1. The quantitative estimate of drug-likeness (QED) is 0.316. The molecule has 0 saturated carbocycles. The molecular weight excluding hydrogens is 497 g/mol. The van der Waals surface area contributed by atoms with Crippen molar-refractivity contribution in [2.24, 2.45) is 0 Å². The number of fused-ring (bicyclic) bond motifs is 1. The van der Waals surface area contributed by atoms with Crippen molar-refractivity contribution in [3.05, 3.63) is 88.3 Å². The second kappa shape index (κ2) is 9.45. The van der Waals surface area contributed by atoms with Crippen molar-refractivity contribution in [3.63, 3.8) is 0 Å². The maximum absolute atomic E-state index is 14.4. The lowest BCUT2D eigenvalue weighted by molar-refractivity contribution is -0.274. The molecule has 5 rings (SSSR count). The van der Waals surface area contributed by atoms with Gasteiger partial charge < -0.3 is 14.4 Å². The third kappa shape index (κ3) is 4.61. The molecule has 0 bridgehead atoms. The number of para-hydroxylation sites is 3.